The second kappa shape index (κ2) is 8.17. The minimum atomic E-state index is -4.36. The number of sulfonamides is 1. The molecule has 1 spiro atoms. The van der Waals surface area contributed by atoms with Crippen LogP contribution in [0.3, 0.4) is 0 Å². The van der Waals surface area contributed by atoms with Crippen molar-refractivity contribution in [3.8, 4) is 0 Å². The SMILES string of the molecule is NS(=O)(=O)c1ccc(CN2CCC3(CCN(c4ncnc5nn(CC(F)(F)F)cc45)C3)C2)cc1. The Labute approximate surface area is 194 Å². The van der Waals surface area contributed by atoms with E-state index in [9.17, 15) is 21.6 Å². The van der Waals surface area contributed by atoms with Crippen LogP contribution < -0.4 is 10.0 Å². The van der Waals surface area contributed by atoms with Gasteiger partial charge in [-0.15, -0.1) is 0 Å². The molecule has 2 saturated heterocycles. The largest absolute Gasteiger partial charge is 0.408 e. The van der Waals surface area contributed by atoms with E-state index in [-0.39, 0.29) is 16.0 Å². The van der Waals surface area contributed by atoms with E-state index < -0.39 is 22.7 Å². The maximum atomic E-state index is 12.8. The summed E-state index contributed by atoms with van der Waals surface area (Å²) in [7, 11) is -3.71. The van der Waals surface area contributed by atoms with Crippen LogP contribution in [0, 0.1) is 5.41 Å². The molecule has 1 aromatic carbocycles. The molecule has 2 fully saturated rings. The number of alkyl halides is 3. The molecule has 9 nitrogen and oxygen atoms in total. The quantitative estimate of drug-likeness (QED) is 0.577. The van der Waals surface area contributed by atoms with Crippen molar-refractivity contribution in [3.05, 3.63) is 42.4 Å². The van der Waals surface area contributed by atoms with Crippen LogP contribution in [-0.4, -0.2) is 65.4 Å². The molecule has 2 N–H and O–H groups in total. The summed E-state index contributed by atoms with van der Waals surface area (Å²) < 4.78 is 62.1. The summed E-state index contributed by atoms with van der Waals surface area (Å²) >= 11 is 0. The van der Waals surface area contributed by atoms with Crippen molar-refractivity contribution in [2.24, 2.45) is 10.6 Å². The Hall–Kier alpha value is -2.77. The molecule has 1 atom stereocenters. The maximum Gasteiger partial charge on any atom is 0.408 e. The van der Waals surface area contributed by atoms with Crippen LogP contribution in [0.5, 0.6) is 0 Å². The molecule has 2 aromatic heterocycles. The van der Waals surface area contributed by atoms with E-state index in [1.165, 1.54) is 24.7 Å². The Morgan fingerprint density at radius 1 is 1.06 bits per heavy atom. The zero-order valence-electron chi connectivity index (χ0n) is 18.2. The molecule has 13 heteroatoms. The van der Waals surface area contributed by atoms with Crippen molar-refractivity contribution in [2.45, 2.75) is 37.0 Å². The van der Waals surface area contributed by atoms with E-state index in [4.69, 9.17) is 5.14 Å². The van der Waals surface area contributed by atoms with E-state index in [0.717, 1.165) is 49.3 Å². The smallest absolute Gasteiger partial charge is 0.355 e. The fourth-order valence-corrected chi connectivity index (χ4v) is 5.56. The summed E-state index contributed by atoms with van der Waals surface area (Å²) in [6, 6.07) is 6.60. The van der Waals surface area contributed by atoms with Crippen molar-refractivity contribution in [2.75, 3.05) is 31.1 Å². The molecular weight excluding hydrogens is 471 g/mol. The van der Waals surface area contributed by atoms with Gasteiger partial charge in [-0.3, -0.25) is 9.58 Å². The maximum absolute atomic E-state index is 12.8. The predicted molar refractivity (Wildman–Crippen MR) is 118 cm³/mol. The zero-order valence-corrected chi connectivity index (χ0v) is 19.1. The molecule has 0 amide bonds. The van der Waals surface area contributed by atoms with Crippen LogP contribution in [0.15, 0.2) is 41.7 Å². The highest BCUT2D eigenvalue weighted by Crippen LogP contribution is 2.42. The number of halogens is 3. The van der Waals surface area contributed by atoms with Crippen molar-refractivity contribution in [1.82, 2.24) is 24.6 Å². The lowest BCUT2D eigenvalue weighted by atomic mass is 9.86. The number of benzene rings is 1. The average molecular weight is 496 g/mol. The number of nitrogens with zero attached hydrogens (tertiary/aromatic N) is 6. The van der Waals surface area contributed by atoms with Gasteiger partial charge in [0.25, 0.3) is 0 Å². The zero-order chi connectivity index (χ0) is 24.1. The summed E-state index contributed by atoms with van der Waals surface area (Å²) in [5.41, 5.74) is 1.33. The van der Waals surface area contributed by atoms with Gasteiger partial charge in [0.05, 0.1) is 10.3 Å². The highest BCUT2D eigenvalue weighted by atomic mass is 32.2. The molecule has 2 aliphatic heterocycles. The number of hydrogen-bond donors (Lipinski definition) is 1. The van der Waals surface area contributed by atoms with E-state index in [2.05, 4.69) is 24.9 Å². The van der Waals surface area contributed by atoms with Crippen LogP contribution >= 0.6 is 0 Å². The first-order chi connectivity index (χ1) is 16.0. The number of fused-ring (bicyclic) bond motifs is 1. The number of nitrogens with two attached hydrogens (primary N) is 1. The molecule has 4 heterocycles. The monoisotopic (exact) mass is 495 g/mol. The first-order valence-electron chi connectivity index (χ1n) is 10.8. The Bertz CT molecular complexity index is 1310. The summed E-state index contributed by atoms with van der Waals surface area (Å²) in [6.07, 6.45) is 0.310. The summed E-state index contributed by atoms with van der Waals surface area (Å²) in [5.74, 6) is 0.618. The van der Waals surface area contributed by atoms with Gasteiger partial charge < -0.3 is 4.90 Å². The Balaban J connectivity index is 1.27. The Morgan fingerprint density at radius 3 is 2.50 bits per heavy atom. The number of primary sulfonamides is 1. The van der Waals surface area contributed by atoms with Gasteiger partial charge in [-0.1, -0.05) is 12.1 Å². The molecule has 2 aliphatic rings. The lowest BCUT2D eigenvalue weighted by Crippen LogP contribution is -2.31. The minimum Gasteiger partial charge on any atom is -0.355 e. The number of likely N-dealkylation sites (tertiary alicyclic amines) is 1. The summed E-state index contributed by atoms with van der Waals surface area (Å²) in [5, 5.41) is 9.65. The number of rotatable bonds is 5. The molecular formula is C21H24F3N7O2S. The van der Waals surface area contributed by atoms with E-state index in [1.807, 2.05) is 0 Å². The van der Waals surface area contributed by atoms with Crippen LogP contribution in [0.2, 0.25) is 0 Å². The highest BCUT2D eigenvalue weighted by molar-refractivity contribution is 7.89. The first-order valence-corrected chi connectivity index (χ1v) is 12.4. The predicted octanol–water partition coefficient (Wildman–Crippen LogP) is 2.14. The van der Waals surface area contributed by atoms with Crippen molar-refractivity contribution >= 4 is 26.9 Å². The third-order valence-corrected chi connectivity index (χ3v) is 7.53. The van der Waals surface area contributed by atoms with Gasteiger partial charge in [-0.2, -0.15) is 18.3 Å². The Morgan fingerprint density at radius 2 is 1.79 bits per heavy atom. The second-order valence-corrected chi connectivity index (χ2v) is 10.8. The van der Waals surface area contributed by atoms with Crippen LogP contribution in [-0.2, 0) is 23.1 Å². The van der Waals surface area contributed by atoms with Crippen LogP contribution in [0.1, 0.15) is 18.4 Å². The molecule has 182 valence electrons. The molecule has 3 aromatic rings. The Kier molecular flexibility index (Phi) is 5.52. The molecule has 0 bridgehead atoms. The van der Waals surface area contributed by atoms with Crippen LogP contribution in [0.4, 0.5) is 19.0 Å². The molecule has 5 rings (SSSR count). The van der Waals surface area contributed by atoms with E-state index in [1.54, 1.807) is 12.1 Å². The minimum absolute atomic E-state index is 0.0692. The first kappa shape index (κ1) is 23.0. The third kappa shape index (κ3) is 4.72. The van der Waals surface area contributed by atoms with Gasteiger partial charge in [-0.05, 0) is 37.1 Å². The topological polar surface area (TPSA) is 110 Å². The molecule has 0 aliphatic carbocycles. The van der Waals surface area contributed by atoms with Gasteiger partial charge in [0.15, 0.2) is 5.65 Å². The van der Waals surface area contributed by atoms with Crippen molar-refractivity contribution in [1.29, 1.82) is 0 Å². The normalized spacial score (nSPS) is 21.8. The second-order valence-electron chi connectivity index (χ2n) is 9.20. The van der Waals surface area contributed by atoms with Gasteiger partial charge >= 0.3 is 6.18 Å². The number of aromatic nitrogens is 4. The summed E-state index contributed by atoms with van der Waals surface area (Å²) in [4.78, 5) is 13.0. The fourth-order valence-electron chi connectivity index (χ4n) is 5.04. The standard InChI is InChI=1S/C21H24F3N7O2S/c22-21(23,24)13-31-10-17-18(28-31)26-14-27-19(17)30-8-6-20(12-30)5-7-29(11-20)9-15-1-3-16(4-2-15)34(25,32)33/h1-4,10,14H,5-9,11-13H2,(H2,25,32,33). The number of anilines is 1. The van der Waals surface area contributed by atoms with Gasteiger partial charge in [-0.25, -0.2) is 23.5 Å². The van der Waals surface area contributed by atoms with Gasteiger partial charge in [0.2, 0.25) is 10.0 Å². The van der Waals surface area contributed by atoms with Crippen LogP contribution in [0.25, 0.3) is 11.0 Å². The summed E-state index contributed by atoms with van der Waals surface area (Å²) in [6.45, 7) is 2.84. The lowest BCUT2D eigenvalue weighted by Gasteiger charge is -2.25. The van der Waals surface area contributed by atoms with Crippen molar-refractivity contribution in [3.63, 3.8) is 0 Å². The average Bonchev–Trinajstić information content (AvgIpc) is 3.45. The van der Waals surface area contributed by atoms with E-state index in [0.29, 0.717) is 17.7 Å². The van der Waals surface area contributed by atoms with Gasteiger partial charge in [0.1, 0.15) is 18.7 Å². The van der Waals surface area contributed by atoms with Gasteiger partial charge in [0, 0.05) is 37.8 Å². The van der Waals surface area contributed by atoms with E-state index >= 15 is 0 Å². The highest BCUT2D eigenvalue weighted by Gasteiger charge is 2.44. The lowest BCUT2D eigenvalue weighted by molar-refractivity contribution is -0.142. The third-order valence-electron chi connectivity index (χ3n) is 6.60. The number of hydrogen-bond acceptors (Lipinski definition) is 7. The fraction of sp³-hybridized carbons (Fsp3) is 0.476. The van der Waals surface area contributed by atoms with Crippen molar-refractivity contribution < 1.29 is 21.6 Å². The molecule has 1 unspecified atom stereocenters. The molecule has 34 heavy (non-hydrogen) atoms. The molecule has 0 saturated carbocycles. The molecule has 0 radical (unpaired) electrons.